The van der Waals surface area contributed by atoms with Crippen molar-refractivity contribution in [2.24, 2.45) is 5.92 Å². The Bertz CT molecular complexity index is 230. The van der Waals surface area contributed by atoms with Crippen molar-refractivity contribution in [2.75, 3.05) is 19.8 Å². The zero-order valence-electron chi connectivity index (χ0n) is 13.1. The van der Waals surface area contributed by atoms with Crippen molar-refractivity contribution >= 4 is 5.97 Å². The fraction of sp³-hybridized carbons (Fsp3) is 0.933. The van der Waals surface area contributed by atoms with E-state index in [-0.39, 0.29) is 24.1 Å². The van der Waals surface area contributed by atoms with Gasteiger partial charge in [-0.3, -0.25) is 4.79 Å². The molecule has 3 atom stereocenters. The number of carbonyl (C=O) groups excluding carboxylic acids is 1. The van der Waals surface area contributed by atoms with Crippen LogP contribution < -0.4 is 0 Å². The minimum absolute atomic E-state index is 0.0293. The molecule has 0 amide bonds. The first-order valence-electron chi connectivity index (χ1n) is 7.41. The molecule has 114 valence electrons. The van der Waals surface area contributed by atoms with E-state index in [1.54, 1.807) is 0 Å². The third-order valence-corrected chi connectivity index (χ3v) is 2.94. The summed E-state index contributed by atoms with van der Waals surface area (Å²) in [7, 11) is 0. The van der Waals surface area contributed by atoms with Gasteiger partial charge in [0.1, 0.15) is 6.10 Å². The molecule has 0 bridgehead atoms. The smallest absolute Gasteiger partial charge is 0.308 e. The second kappa shape index (κ2) is 11.2. The molecule has 0 spiro atoms. The Kier molecular flexibility index (Phi) is 10.9. The number of esters is 1. The summed E-state index contributed by atoms with van der Waals surface area (Å²) in [4.78, 5) is 11.6. The third-order valence-electron chi connectivity index (χ3n) is 2.94. The van der Waals surface area contributed by atoms with Crippen LogP contribution in [0.3, 0.4) is 0 Å². The van der Waals surface area contributed by atoms with E-state index in [1.807, 2.05) is 27.7 Å². The molecule has 0 aliphatic heterocycles. The Morgan fingerprint density at radius 2 is 1.74 bits per heavy atom. The van der Waals surface area contributed by atoms with Gasteiger partial charge in [0, 0.05) is 6.61 Å². The second-order valence-corrected chi connectivity index (χ2v) is 5.13. The molecule has 0 N–H and O–H groups in total. The van der Waals surface area contributed by atoms with Crippen LogP contribution >= 0.6 is 0 Å². The van der Waals surface area contributed by atoms with Crippen molar-refractivity contribution in [3.05, 3.63) is 0 Å². The summed E-state index contributed by atoms with van der Waals surface area (Å²) in [5, 5.41) is 0. The SMILES string of the molecule is CCCCOCC(C)OCC(C)OC(=O)C(C)CC. The number of carbonyl (C=O) groups is 1. The van der Waals surface area contributed by atoms with Gasteiger partial charge in [-0.2, -0.15) is 0 Å². The molecular weight excluding hydrogens is 244 g/mol. The van der Waals surface area contributed by atoms with E-state index in [0.717, 1.165) is 25.9 Å². The van der Waals surface area contributed by atoms with Gasteiger partial charge in [0.2, 0.25) is 0 Å². The fourth-order valence-corrected chi connectivity index (χ4v) is 1.36. The van der Waals surface area contributed by atoms with E-state index >= 15 is 0 Å². The zero-order valence-corrected chi connectivity index (χ0v) is 13.1. The van der Waals surface area contributed by atoms with Gasteiger partial charge in [0.15, 0.2) is 0 Å². The summed E-state index contributed by atoms with van der Waals surface area (Å²) < 4.78 is 16.4. The summed E-state index contributed by atoms with van der Waals surface area (Å²) in [5.74, 6) is -0.192. The molecule has 0 radical (unpaired) electrons. The van der Waals surface area contributed by atoms with Crippen LogP contribution in [0.5, 0.6) is 0 Å². The molecule has 19 heavy (non-hydrogen) atoms. The summed E-state index contributed by atoms with van der Waals surface area (Å²) in [6.07, 6.45) is 2.84. The van der Waals surface area contributed by atoms with Gasteiger partial charge in [-0.05, 0) is 26.7 Å². The van der Waals surface area contributed by atoms with E-state index < -0.39 is 0 Å². The Hall–Kier alpha value is -0.610. The molecule has 0 heterocycles. The monoisotopic (exact) mass is 274 g/mol. The normalized spacial score (nSPS) is 15.8. The molecule has 0 aromatic rings. The minimum atomic E-state index is -0.209. The molecule has 0 aromatic carbocycles. The van der Waals surface area contributed by atoms with Crippen LogP contribution in [0.1, 0.15) is 53.9 Å². The maximum absolute atomic E-state index is 11.6. The standard InChI is InChI=1S/C15H30O4/c1-6-8-9-17-10-13(4)18-11-14(5)19-15(16)12(3)7-2/h12-14H,6-11H2,1-5H3. The molecule has 0 saturated carbocycles. The van der Waals surface area contributed by atoms with Crippen LogP contribution in [0.4, 0.5) is 0 Å². The average molecular weight is 274 g/mol. The van der Waals surface area contributed by atoms with Crippen molar-refractivity contribution < 1.29 is 19.0 Å². The molecule has 4 nitrogen and oxygen atoms in total. The summed E-state index contributed by atoms with van der Waals surface area (Å²) in [5.41, 5.74) is 0. The van der Waals surface area contributed by atoms with Crippen molar-refractivity contribution in [3.63, 3.8) is 0 Å². The van der Waals surface area contributed by atoms with Gasteiger partial charge in [-0.25, -0.2) is 0 Å². The van der Waals surface area contributed by atoms with Crippen LogP contribution in [-0.2, 0) is 19.0 Å². The minimum Gasteiger partial charge on any atom is -0.460 e. The predicted octanol–water partition coefficient (Wildman–Crippen LogP) is 3.19. The van der Waals surface area contributed by atoms with Crippen molar-refractivity contribution in [3.8, 4) is 0 Å². The second-order valence-electron chi connectivity index (χ2n) is 5.13. The number of hydrogen-bond donors (Lipinski definition) is 0. The first kappa shape index (κ1) is 18.4. The predicted molar refractivity (Wildman–Crippen MR) is 76.2 cm³/mol. The van der Waals surface area contributed by atoms with Crippen molar-refractivity contribution in [1.29, 1.82) is 0 Å². The lowest BCUT2D eigenvalue weighted by Gasteiger charge is -2.19. The number of unbranched alkanes of at least 4 members (excludes halogenated alkanes) is 1. The highest BCUT2D eigenvalue weighted by molar-refractivity contribution is 5.72. The number of hydrogen-bond acceptors (Lipinski definition) is 4. The lowest BCUT2D eigenvalue weighted by atomic mass is 10.1. The largest absolute Gasteiger partial charge is 0.460 e. The quantitative estimate of drug-likeness (QED) is 0.429. The van der Waals surface area contributed by atoms with E-state index in [4.69, 9.17) is 14.2 Å². The van der Waals surface area contributed by atoms with Crippen LogP contribution in [0.2, 0.25) is 0 Å². The summed E-state index contributed by atoms with van der Waals surface area (Å²) >= 11 is 0. The van der Waals surface area contributed by atoms with Crippen LogP contribution in [-0.4, -0.2) is 38.0 Å². The lowest BCUT2D eigenvalue weighted by Crippen LogP contribution is -2.27. The Labute approximate surface area is 117 Å². The molecule has 4 heteroatoms. The van der Waals surface area contributed by atoms with E-state index in [2.05, 4.69) is 6.92 Å². The van der Waals surface area contributed by atoms with E-state index in [0.29, 0.717) is 13.2 Å². The van der Waals surface area contributed by atoms with Crippen molar-refractivity contribution in [2.45, 2.75) is 66.1 Å². The Morgan fingerprint density at radius 3 is 2.32 bits per heavy atom. The van der Waals surface area contributed by atoms with Crippen LogP contribution in [0.15, 0.2) is 0 Å². The maximum atomic E-state index is 11.6. The molecule has 0 aromatic heterocycles. The van der Waals surface area contributed by atoms with Gasteiger partial charge >= 0.3 is 5.97 Å². The number of ether oxygens (including phenoxy) is 3. The van der Waals surface area contributed by atoms with Crippen molar-refractivity contribution in [1.82, 2.24) is 0 Å². The topological polar surface area (TPSA) is 44.8 Å². The Morgan fingerprint density at radius 1 is 1.05 bits per heavy atom. The molecule has 0 rings (SSSR count). The maximum Gasteiger partial charge on any atom is 0.308 e. The molecule has 0 aliphatic rings. The fourth-order valence-electron chi connectivity index (χ4n) is 1.36. The van der Waals surface area contributed by atoms with Crippen LogP contribution in [0, 0.1) is 5.92 Å². The highest BCUT2D eigenvalue weighted by Gasteiger charge is 2.16. The average Bonchev–Trinajstić information content (AvgIpc) is 2.40. The van der Waals surface area contributed by atoms with Gasteiger partial charge in [0.05, 0.1) is 25.2 Å². The van der Waals surface area contributed by atoms with E-state index in [1.165, 1.54) is 0 Å². The first-order chi connectivity index (χ1) is 9.01. The van der Waals surface area contributed by atoms with Gasteiger partial charge in [-0.15, -0.1) is 0 Å². The summed E-state index contributed by atoms with van der Waals surface area (Å²) in [6, 6.07) is 0. The lowest BCUT2D eigenvalue weighted by molar-refractivity contribution is -0.157. The number of rotatable bonds is 11. The molecule has 0 fully saturated rings. The first-order valence-corrected chi connectivity index (χ1v) is 7.41. The zero-order chi connectivity index (χ0) is 14.7. The molecule has 0 saturated heterocycles. The highest BCUT2D eigenvalue weighted by Crippen LogP contribution is 2.06. The summed E-state index contributed by atoms with van der Waals surface area (Å²) in [6.45, 7) is 11.6. The highest BCUT2D eigenvalue weighted by atomic mass is 16.6. The van der Waals surface area contributed by atoms with E-state index in [9.17, 15) is 4.79 Å². The molecule has 0 aliphatic carbocycles. The molecular formula is C15H30O4. The van der Waals surface area contributed by atoms with Gasteiger partial charge in [0.25, 0.3) is 0 Å². The third kappa shape index (κ3) is 9.91. The Balaban J connectivity index is 3.65. The van der Waals surface area contributed by atoms with Gasteiger partial charge in [-0.1, -0.05) is 27.2 Å². The van der Waals surface area contributed by atoms with Gasteiger partial charge < -0.3 is 14.2 Å². The molecule has 3 unspecified atom stereocenters. The van der Waals surface area contributed by atoms with Crippen LogP contribution in [0.25, 0.3) is 0 Å².